The van der Waals surface area contributed by atoms with Gasteiger partial charge >= 0.3 is 0 Å². The highest BCUT2D eigenvalue weighted by atomic mass is 35.5. The Kier molecular flexibility index (Phi) is 4.54. The molecule has 0 saturated heterocycles. The topological polar surface area (TPSA) is 52.3 Å². The zero-order valence-corrected chi connectivity index (χ0v) is 11.2. The van der Waals surface area contributed by atoms with Crippen molar-refractivity contribution >= 4 is 17.4 Å². The van der Waals surface area contributed by atoms with Gasteiger partial charge < -0.3 is 10.5 Å². The fourth-order valence-corrected chi connectivity index (χ4v) is 1.73. The van der Waals surface area contributed by atoms with E-state index in [0.29, 0.717) is 29.3 Å². The molecule has 0 radical (unpaired) electrons. The first-order chi connectivity index (χ1) is 7.89. The van der Waals surface area contributed by atoms with Crippen molar-refractivity contribution < 1.29 is 9.53 Å². The average molecular weight is 256 g/mol. The summed E-state index contributed by atoms with van der Waals surface area (Å²) < 4.78 is 5.04. The first-order valence-electron chi connectivity index (χ1n) is 5.46. The van der Waals surface area contributed by atoms with Crippen molar-refractivity contribution in [1.29, 1.82) is 0 Å². The van der Waals surface area contributed by atoms with Gasteiger partial charge in [-0.25, -0.2) is 0 Å². The molecule has 4 heteroatoms. The van der Waals surface area contributed by atoms with E-state index in [2.05, 4.69) is 0 Å². The molecule has 3 nitrogen and oxygen atoms in total. The summed E-state index contributed by atoms with van der Waals surface area (Å²) in [6.07, 6.45) is 0.384. The van der Waals surface area contributed by atoms with Crippen LogP contribution in [0, 0.1) is 5.41 Å². The predicted molar refractivity (Wildman–Crippen MR) is 69.8 cm³/mol. The molecule has 1 rings (SSSR count). The molecule has 0 aliphatic heterocycles. The van der Waals surface area contributed by atoms with E-state index in [1.54, 1.807) is 25.3 Å². The third-order valence-electron chi connectivity index (χ3n) is 2.67. The minimum atomic E-state index is -0.208. The average Bonchev–Trinajstić information content (AvgIpc) is 2.28. The Balaban J connectivity index is 2.90. The Labute approximate surface area is 107 Å². The van der Waals surface area contributed by atoms with Crippen LogP contribution in [0.5, 0.6) is 5.75 Å². The second-order valence-electron chi connectivity index (χ2n) is 4.81. The number of methoxy groups -OCH3 is 1. The Hall–Kier alpha value is -1.06. The normalized spacial score (nSPS) is 11.4. The van der Waals surface area contributed by atoms with Crippen LogP contribution >= 0.6 is 11.6 Å². The first-order valence-corrected chi connectivity index (χ1v) is 5.84. The van der Waals surface area contributed by atoms with Crippen LogP contribution in [0.1, 0.15) is 30.6 Å². The van der Waals surface area contributed by atoms with Gasteiger partial charge in [0, 0.05) is 12.0 Å². The summed E-state index contributed by atoms with van der Waals surface area (Å²) in [5.74, 6) is 0.651. The number of benzene rings is 1. The fraction of sp³-hybridized carbons (Fsp3) is 0.462. The van der Waals surface area contributed by atoms with Crippen LogP contribution in [0.2, 0.25) is 5.02 Å². The molecule has 0 atom stereocenters. The maximum atomic E-state index is 12.1. The van der Waals surface area contributed by atoms with Crippen molar-refractivity contribution in [1.82, 2.24) is 0 Å². The van der Waals surface area contributed by atoms with Crippen LogP contribution in [0.15, 0.2) is 18.2 Å². The molecule has 94 valence electrons. The number of hydrogen-bond acceptors (Lipinski definition) is 3. The lowest BCUT2D eigenvalue weighted by Crippen LogP contribution is -2.26. The fourth-order valence-electron chi connectivity index (χ4n) is 1.45. The molecule has 2 N–H and O–H groups in total. The van der Waals surface area contributed by atoms with E-state index in [1.165, 1.54) is 0 Å². The molecule has 0 fully saturated rings. The number of hydrogen-bond donors (Lipinski definition) is 1. The lowest BCUT2D eigenvalue weighted by molar-refractivity contribution is 0.0935. The highest BCUT2D eigenvalue weighted by Crippen LogP contribution is 2.27. The van der Waals surface area contributed by atoms with Crippen molar-refractivity contribution in [3.8, 4) is 5.75 Å². The predicted octanol–water partition coefficient (Wildman–Crippen LogP) is 2.91. The van der Waals surface area contributed by atoms with Crippen LogP contribution in [0.4, 0.5) is 0 Å². The van der Waals surface area contributed by atoms with Crippen molar-refractivity contribution in [2.75, 3.05) is 13.7 Å². The summed E-state index contributed by atoms with van der Waals surface area (Å²) in [6, 6.07) is 5.06. The Bertz CT molecular complexity index is 416. The molecule has 0 aliphatic rings. The summed E-state index contributed by atoms with van der Waals surface area (Å²) in [6.45, 7) is 4.39. The van der Waals surface area contributed by atoms with Crippen LogP contribution in [-0.2, 0) is 0 Å². The Morgan fingerprint density at radius 1 is 1.47 bits per heavy atom. The van der Waals surface area contributed by atoms with Gasteiger partial charge in [0.25, 0.3) is 0 Å². The number of carbonyl (C=O) groups is 1. The molecule has 0 aromatic heterocycles. The molecule has 0 saturated carbocycles. The van der Waals surface area contributed by atoms with Gasteiger partial charge in [-0.1, -0.05) is 25.4 Å². The number of nitrogens with two attached hydrogens (primary N) is 1. The maximum Gasteiger partial charge on any atom is 0.164 e. The quantitative estimate of drug-likeness (QED) is 0.823. The summed E-state index contributed by atoms with van der Waals surface area (Å²) in [5.41, 5.74) is 5.93. The molecule has 0 spiro atoms. The maximum absolute atomic E-state index is 12.1. The largest absolute Gasteiger partial charge is 0.497 e. The van der Waals surface area contributed by atoms with E-state index in [-0.39, 0.29) is 11.2 Å². The first kappa shape index (κ1) is 14.0. The van der Waals surface area contributed by atoms with Gasteiger partial charge in [-0.05, 0) is 30.2 Å². The molecule has 0 amide bonds. The highest BCUT2D eigenvalue weighted by molar-refractivity contribution is 6.34. The second-order valence-corrected chi connectivity index (χ2v) is 5.22. The van der Waals surface area contributed by atoms with Crippen LogP contribution in [0.25, 0.3) is 0 Å². The number of carbonyl (C=O) groups excluding carboxylic acids is 1. The Morgan fingerprint density at radius 3 is 2.59 bits per heavy atom. The van der Waals surface area contributed by atoms with Crippen LogP contribution < -0.4 is 10.5 Å². The third kappa shape index (κ3) is 3.72. The molecule has 1 aromatic rings. The van der Waals surface area contributed by atoms with E-state index >= 15 is 0 Å². The third-order valence-corrected chi connectivity index (χ3v) is 2.98. The standard InChI is InChI=1S/C13H18ClNO2/c1-13(2,8-15)7-12(16)10-5-4-9(17-3)6-11(10)14/h4-6H,7-8,15H2,1-3H3. The molecule has 0 unspecified atom stereocenters. The SMILES string of the molecule is COc1ccc(C(=O)CC(C)(C)CN)c(Cl)c1. The molecule has 1 aromatic carbocycles. The summed E-state index contributed by atoms with van der Waals surface area (Å²) in [4.78, 5) is 12.1. The highest BCUT2D eigenvalue weighted by Gasteiger charge is 2.22. The van der Waals surface area contributed by atoms with Crippen LogP contribution in [-0.4, -0.2) is 19.4 Å². The minimum absolute atomic E-state index is 0.00750. The number of halogens is 1. The van der Waals surface area contributed by atoms with Gasteiger partial charge in [0.15, 0.2) is 5.78 Å². The van der Waals surface area contributed by atoms with Crippen LogP contribution in [0.3, 0.4) is 0 Å². The van der Waals surface area contributed by atoms with Gasteiger partial charge in [-0.3, -0.25) is 4.79 Å². The molecule has 0 heterocycles. The lowest BCUT2D eigenvalue weighted by atomic mass is 9.86. The number of Topliss-reactive ketones (excluding diaryl/α,β-unsaturated/α-hetero) is 1. The van der Waals surface area contributed by atoms with Gasteiger partial charge in [-0.15, -0.1) is 0 Å². The van der Waals surface area contributed by atoms with Crippen molar-refractivity contribution in [2.45, 2.75) is 20.3 Å². The smallest absolute Gasteiger partial charge is 0.164 e. The number of rotatable bonds is 5. The molecule has 17 heavy (non-hydrogen) atoms. The van der Waals surface area contributed by atoms with Gasteiger partial charge in [0.1, 0.15) is 5.75 Å². The number of ketones is 1. The molecular formula is C13H18ClNO2. The van der Waals surface area contributed by atoms with E-state index in [1.807, 2.05) is 13.8 Å². The molecule has 0 aliphatic carbocycles. The van der Waals surface area contributed by atoms with E-state index < -0.39 is 0 Å². The number of ether oxygens (including phenoxy) is 1. The van der Waals surface area contributed by atoms with Crippen molar-refractivity contribution in [3.63, 3.8) is 0 Å². The zero-order chi connectivity index (χ0) is 13.1. The van der Waals surface area contributed by atoms with E-state index in [0.717, 1.165) is 0 Å². The van der Waals surface area contributed by atoms with Crippen molar-refractivity contribution in [2.24, 2.45) is 11.1 Å². The van der Waals surface area contributed by atoms with Gasteiger partial charge in [0.05, 0.1) is 12.1 Å². The minimum Gasteiger partial charge on any atom is -0.497 e. The molecular weight excluding hydrogens is 238 g/mol. The Morgan fingerprint density at radius 2 is 2.12 bits per heavy atom. The van der Waals surface area contributed by atoms with E-state index in [9.17, 15) is 4.79 Å². The molecule has 0 bridgehead atoms. The lowest BCUT2D eigenvalue weighted by Gasteiger charge is -2.21. The van der Waals surface area contributed by atoms with Crippen molar-refractivity contribution in [3.05, 3.63) is 28.8 Å². The summed E-state index contributed by atoms with van der Waals surface area (Å²) in [5, 5.41) is 0.419. The second kappa shape index (κ2) is 5.52. The van der Waals surface area contributed by atoms with E-state index in [4.69, 9.17) is 22.1 Å². The summed E-state index contributed by atoms with van der Waals surface area (Å²) >= 11 is 6.04. The zero-order valence-electron chi connectivity index (χ0n) is 10.4. The summed E-state index contributed by atoms with van der Waals surface area (Å²) in [7, 11) is 1.56. The van der Waals surface area contributed by atoms with Gasteiger partial charge in [0.2, 0.25) is 0 Å². The van der Waals surface area contributed by atoms with Gasteiger partial charge in [-0.2, -0.15) is 0 Å². The monoisotopic (exact) mass is 255 g/mol.